The van der Waals surface area contributed by atoms with Crippen molar-refractivity contribution in [3.8, 4) is 11.3 Å². The third kappa shape index (κ3) is 2.00. The van der Waals surface area contributed by atoms with Crippen LogP contribution in [0, 0.1) is 11.6 Å². The minimum Gasteiger partial charge on any atom is -0.384 e. The van der Waals surface area contributed by atoms with Gasteiger partial charge < -0.3 is 5.73 Å². The molecule has 0 aliphatic heterocycles. The maximum absolute atomic E-state index is 13.2. The van der Waals surface area contributed by atoms with Crippen molar-refractivity contribution < 1.29 is 8.78 Å². The number of hydrogen-bond acceptors (Lipinski definition) is 2. The van der Waals surface area contributed by atoms with E-state index in [1.807, 2.05) is 6.92 Å². The molecule has 17 heavy (non-hydrogen) atoms. The standard InChI is InChI=1S/C12H13F2N3/c1-3-10-11(16-17(2)12(10)15)7-4-8(13)6-9(14)5-7/h4-6H,3,15H2,1-2H3. The third-order valence-electron chi connectivity index (χ3n) is 2.68. The number of nitrogens with two attached hydrogens (primary N) is 1. The topological polar surface area (TPSA) is 43.8 Å². The summed E-state index contributed by atoms with van der Waals surface area (Å²) >= 11 is 0. The molecule has 0 aliphatic carbocycles. The number of benzene rings is 1. The number of aromatic nitrogens is 2. The van der Waals surface area contributed by atoms with Gasteiger partial charge in [-0.1, -0.05) is 6.92 Å². The second-order valence-corrected chi connectivity index (χ2v) is 3.85. The highest BCUT2D eigenvalue weighted by molar-refractivity contribution is 5.68. The Hall–Kier alpha value is -1.91. The van der Waals surface area contributed by atoms with E-state index < -0.39 is 11.6 Å². The molecule has 0 radical (unpaired) electrons. The summed E-state index contributed by atoms with van der Waals surface area (Å²) in [4.78, 5) is 0. The largest absolute Gasteiger partial charge is 0.384 e. The molecule has 0 amide bonds. The molecule has 3 nitrogen and oxygen atoms in total. The van der Waals surface area contributed by atoms with Crippen LogP contribution in [0.3, 0.4) is 0 Å². The minimum atomic E-state index is -0.619. The summed E-state index contributed by atoms with van der Waals surface area (Å²) in [5, 5.41) is 4.19. The second-order valence-electron chi connectivity index (χ2n) is 3.85. The molecule has 0 aliphatic rings. The maximum Gasteiger partial charge on any atom is 0.126 e. The van der Waals surface area contributed by atoms with Crippen molar-refractivity contribution >= 4 is 5.82 Å². The van der Waals surface area contributed by atoms with Crippen LogP contribution >= 0.6 is 0 Å². The highest BCUT2D eigenvalue weighted by Gasteiger charge is 2.15. The Morgan fingerprint density at radius 3 is 2.35 bits per heavy atom. The van der Waals surface area contributed by atoms with Gasteiger partial charge >= 0.3 is 0 Å². The molecule has 0 unspecified atom stereocenters. The Bertz CT molecular complexity index is 541. The summed E-state index contributed by atoms with van der Waals surface area (Å²) in [7, 11) is 1.70. The normalized spacial score (nSPS) is 10.8. The van der Waals surface area contributed by atoms with Gasteiger partial charge in [0.25, 0.3) is 0 Å². The molecule has 2 aromatic rings. The van der Waals surface area contributed by atoms with E-state index >= 15 is 0 Å². The molecule has 0 bridgehead atoms. The van der Waals surface area contributed by atoms with Gasteiger partial charge in [-0.05, 0) is 18.6 Å². The molecule has 0 spiro atoms. The predicted molar refractivity (Wildman–Crippen MR) is 62.4 cm³/mol. The van der Waals surface area contributed by atoms with Crippen LogP contribution in [0.5, 0.6) is 0 Å². The van der Waals surface area contributed by atoms with E-state index in [2.05, 4.69) is 5.10 Å². The molecule has 90 valence electrons. The fourth-order valence-electron chi connectivity index (χ4n) is 1.85. The maximum atomic E-state index is 13.2. The third-order valence-corrected chi connectivity index (χ3v) is 2.68. The van der Waals surface area contributed by atoms with E-state index in [-0.39, 0.29) is 0 Å². The lowest BCUT2D eigenvalue weighted by Crippen LogP contribution is -1.98. The van der Waals surface area contributed by atoms with Gasteiger partial charge in [0.05, 0.1) is 5.69 Å². The summed E-state index contributed by atoms with van der Waals surface area (Å²) in [5.41, 5.74) is 7.59. The Morgan fingerprint density at radius 2 is 1.82 bits per heavy atom. The smallest absolute Gasteiger partial charge is 0.126 e. The van der Waals surface area contributed by atoms with Crippen LogP contribution in [0.1, 0.15) is 12.5 Å². The molecule has 1 heterocycles. The number of nitrogen functional groups attached to an aromatic ring is 1. The Labute approximate surface area is 97.9 Å². The van der Waals surface area contributed by atoms with Gasteiger partial charge in [0, 0.05) is 24.2 Å². The first-order valence-corrected chi connectivity index (χ1v) is 5.30. The average Bonchev–Trinajstić information content (AvgIpc) is 2.54. The van der Waals surface area contributed by atoms with Crippen LogP contribution in [-0.4, -0.2) is 9.78 Å². The highest BCUT2D eigenvalue weighted by atomic mass is 19.1. The molecule has 1 aromatic carbocycles. The number of anilines is 1. The summed E-state index contributed by atoms with van der Waals surface area (Å²) < 4.78 is 27.8. The van der Waals surface area contributed by atoms with Crippen LogP contribution in [0.4, 0.5) is 14.6 Å². The number of halogens is 2. The van der Waals surface area contributed by atoms with Crippen molar-refractivity contribution in [3.63, 3.8) is 0 Å². The zero-order valence-corrected chi connectivity index (χ0v) is 9.67. The number of hydrogen-bond donors (Lipinski definition) is 1. The first kappa shape index (κ1) is 11.6. The summed E-state index contributed by atoms with van der Waals surface area (Å²) in [5.74, 6) is -0.718. The van der Waals surface area contributed by atoms with Gasteiger partial charge in [-0.25, -0.2) is 8.78 Å². The lowest BCUT2D eigenvalue weighted by atomic mass is 10.1. The fourth-order valence-corrected chi connectivity index (χ4v) is 1.85. The SMILES string of the molecule is CCc1c(-c2cc(F)cc(F)c2)nn(C)c1N. The predicted octanol–water partition coefficient (Wildman–Crippen LogP) is 2.51. The van der Waals surface area contributed by atoms with Crippen LogP contribution in [0.15, 0.2) is 18.2 Å². The van der Waals surface area contributed by atoms with Crippen molar-refractivity contribution in [3.05, 3.63) is 35.4 Å². The molecule has 0 saturated heterocycles. The fraction of sp³-hybridized carbons (Fsp3) is 0.250. The monoisotopic (exact) mass is 237 g/mol. The molecular weight excluding hydrogens is 224 g/mol. The van der Waals surface area contributed by atoms with Gasteiger partial charge in [0.2, 0.25) is 0 Å². The van der Waals surface area contributed by atoms with Gasteiger partial charge in [-0.15, -0.1) is 0 Å². The highest BCUT2D eigenvalue weighted by Crippen LogP contribution is 2.28. The van der Waals surface area contributed by atoms with Crippen LogP contribution in [0.25, 0.3) is 11.3 Å². The molecule has 0 saturated carbocycles. The summed E-state index contributed by atoms with van der Waals surface area (Å²) in [6.07, 6.45) is 0.660. The minimum absolute atomic E-state index is 0.409. The number of aryl methyl sites for hydroxylation is 1. The van der Waals surface area contributed by atoms with Crippen LogP contribution in [-0.2, 0) is 13.5 Å². The first-order valence-electron chi connectivity index (χ1n) is 5.30. The van der Waals surface area contributed by atoms with Crippen molar-refractivity contribution in [2.45, 2.75) is 13.3 Å². The molecule has 2 rings (SSSR count). The van der Waals surface area contributed by atoms with Crippen molar-refractivity contribution in [2.75, 3.05) is 5.73 Å². The Kier molecular flexibility index (Phi) is 2.83. The lowest BCUT2D eigenvalue weighted by Gasteiger charge is -2.01. The van der Waals surface area contributed by atoms with E-state index in [0.717, 1.165) is 11.6 Å². The van der Waals surface area contributed by atoms with Gasteiger partial charge in [-0.2, -0.15) is 5.10 Å². The van der Waals surface area contributed by atoms with E-state index in [1.54, 1.807) is 7.05 Å². The summed E-state index contributed by atoms with van der Waals surface area (Å²) in [6.45, 7) is 1.92. The van der Waals surface area contributed by atoms with Gasteiger partial charge in [-0.3, -0.25) is 4.68 Å². The Morgan fingerprint density at radius 1 is 1.24 bits per heavy atom. The van der Waals surface area contributed by atoms with Crippen molar-refractivity contribution in [1.29, 1.82) is 0 Å². The molecule has 5 heteroatoms. The zero-order valence-electron chi connectivity index (χ0n) is 9.67. The van der Waals surface area contributed by atoms with Crippen LogP contribution < -0.4 is 5.73 Å². The summed E-state index contributed by atoms with van der Waals surface area (Å²) in [6, 6.07) is 3.34. The first-order chi connectivity index (χ1) is 8.02. The van der Waals surface area contributed by atoms with E-state index in [9.17, 15) is 8.78 Å². The van der Waals surface area contributed by atoms with E-state index in [1.165, 1.54) is 16.8 Å². The van der Waals surface area contributed by atoms with E-state index in [4.69, 9.17) is 5.73 Å². The quantitative estimate of drug-likeness (QED) is 0.872. The van der Waals surface area contributed by atoms with Crippen molar-refractivity contribution in [1.82, 2.24) is 9.78 Å². The molecular formula is C12H13F2N3. The number of nitrogens with zero attached hydrogens (tertiary/aromatic N) is 2. The molecule has 1 aromatic heterocycles. The van der Waals surface area contributed by atoms with Gasteiger partial charge in [0.15, 0.2) is 0 Å². The van der Waals surface area contributed by atoms with E-state index in [0.29, 0.717) is 23.5 Å². The molecule has 0 fully saturated rings. The Balaban J connectivity index is 2.63. The molecule has 2 N–H and O–H groups in total. The zero-order chi connectivity index (χ0) is 12.6. The number of rotatable bonds is 2. The van der Waals surface area contributed by atoms with Crippen molar-refractivity contribution in [2.24, 2.45) is 7.05 Å². The average molecular weight is 237 g/mol. The van der Waals surface area contributed by atoms with Crippen LogP contribution in [0.2, 0.25) is 0 Å². The lowest BCUT2D eigenvalue weighted by molar-refractivity contribution is 0.584. The second kappa shape index (κ2) is 4.16. The van der Waals surface area contributed by atoms with Gasteiger partial charge in [0.1, 0.15) is 17.5 Å². The molecule has 0 atom stereocenters.